The minimum absolute atomic E-state index is 0.0912. The second kappa shape index (κ2) is 9.59. The van der Waals surface area contributed by atoms with Crippen LogP contribution in [-0.2, 0) is 27.4 Å². The lowest BCUT2D eigenvalue weighted by atomic mass is 9.95. The zero-order valence-electron chi connectivity index (χ0n) is 20.4. The van der Waals surface area contributed by atoms with E-state index in [0.717, 1.165) is 28.0 Å². The number of fused-ring (bicyclic) bond motifs is 2. The van der Waals surface area contributed by atoms with Gasteiger partial charge >= 0.3 is 6.09 Å². The van der Waals surface area contributed by atoms with Gasteiger partial charge in [-0.05, 0) is 56.0 Å². The Morgan fingerprint density at radius 2 is 2.00 bits per heavy atom. The van der Waals surface area contributed by atoms with Gasteiger partial charge in [-0.25, -0.2) is 14.2 Å². The standard InChI is InChI=1S/C27H31FN2O5/c1-27(2,3)35-26(31)30-9-8-22-20(11-30)13-32-12-19-6-7-24(29-25(19)22)34-16-18-5-4-17(10-23(18)28)21-14-33-15-21/h4-7,10,21H,8-9,11-16H2,1-3H3. The van der Waals surface area contributed by atoms with Crippen LogP contribution >= 0.6 is 0 Å². The van der Waals surface area contributed by atoms with E-state index in [1.807, 2.05) is 32.9 Å². The van der Waals surface area contributed by atoms with Crippen LogP contribution in [0, 0.1) is 5.82 Å². The Balaban J connectivity index is 1.31. The number of ether oxygens (including phenoxy) is 4. The summed E-state index contributed by atoms with van der Waals surface area (Å²) in [5.41, 5.74) is 4.81. The smallest absolute Gasteiger partial charge is 0.410 e. The number of rotatable bonds is 4. The first-order chi connectivity index (χ1) is 16.8. The van der Waals surface area contributed by atoms with E-state index in [2.05, 4.69) is 0 Å². The van der Waals surface area contributed by atoms with E-state index in [-0.39, 0.29) is 24.4 Å². The molecule has 0 saturated carbocycles. The van der Waals surface area contributed by atoms with Crippen LogP contribution in [0.4, 0.5) is 9.18 Å². The van der Waals surface area contributed by atoms with E-state index in [9.17, 15) is 9.18 Å². The number of pyridine rings is 1. The number of hydrogen-bond acceptors (Lipinski definition) is 6. The highest BCUT2D eigenvalue weighted by Crippen LogP contribution is 2.34. The summed E-state index contributed by atoms with van der Waals surface area (Å²) >= 11 is 0. The van der Waals surface area contributed by atoms with Gasteiger partial charge in [0.25, 0.3) is 0 Å². The van der Waals surface area contributed by atoms with Gasteiger partial charge in [-0.3, -0.25) is 0 Å². The number of carbonyl (C=O) groups excluding carboxylic acids is 1. The molecule has 0 aliphatic carbocycles. The number of halogens is 1. The fourth-order valence-electron chi connectivity index (χ4n) is 4.46. The molecule has 0 radical (unpaired) electrons. The number of benzene rings is 1. The van der Waals surface area contributed by atoms with Crippen molar-refractivity contribution in [1.29, 1.82) is 0 Å². The molecule has 0 atom stereocenters. The van der Waals surface area contributed by atoms with E-state index in [4.69, 9.17) is 23.9 Å². The highest BCUT2D eigenvalue weighted by molar-refractivity contribution is 5.75. The zero-order chi connectivity index (χ0) is 24.6. The highest BCUT2D eigenvalue weighted by atomic mass is 19.1. The quantitative estimate of drug-likeness (QED) is 0.621. The summed E-state index contributed by atoms with van der Waals surface area (Å²) in [4.78, 5) is 19.0. The maximum Gasteiger partial charge on any atom is 0.410 e. The molecule has 35 heavy (non-hydrogen) atoms. The Morgan fingerprint density at radius 3 is 2.71 bits per heavy atom. The predicted octanol–water partition coefficient (Wildman–Crippen LogP) is 4.84. The van der Waals surface area contributed by atoms with Crippen molar-refractivity contribution in [3.05, 3.63) is 64.1 Å². The topological polar surface area (TPSA) is 70.1 Å². The third-order valence-corrected chi connectivity index (χ3v) is 6.43. The zero-order valence-corrected chi connectivity index (χ0v) is 20.4. The van der Waals surface area contributed by atoms with Crippen LogP contribution in [0.15, 0.2) is 35.9 Å². The second-order valence-electron chi connectivity index (χ2n) is 10.3. The maximum atomic E-state index is 14.6. The number of amides is 1. The summed E-state index contributed by atoms with van der Waals surface area (Å²) in [6.45, 7) is 8.82. The van der Waals surface area contributed by atoms with Crippen molar-refractivity contribution in [2.45, 2.75) is 51.9 Å². The first kappa shape index (κ1) is 23.8. The summed E-state index contributed by atoms with van der Waals surface area (Å²) in [6, 6.07) is 9.02. The Hall–Kier alpha value is -2.97. The van der Waals surface area contributed by atoms with Crippen molar-refractivity contribution < 1.29 is 28.1 Å². The minimum Gasteiger partial charge on any atom is -0.473 e. The largest absolute Gasteiger partial charge is 0.473 e. The molecule has 1 aromatic carbocycles. The van der Waals surface area contributed by atoms with Gasteiger partial charge in [-0.15, -0.1) is 0 Å². The maximum absolute atomic E-state index is 14.6. The molecular weight excluding hydrogens is 451 g/mol. The first-order valence-electron chi connectivity index (χ1n) is 12.0. The molecule has 1 aromatic heterocycles. The van der Waals surface area contributed by atoms with Crippen molar-refractivity contribution in [2.75, 3.05) is 32.9 Å². The van der Waals surface area contributed by atoms with E-state index in [1.165, 1.54) is 0 Å². The fraction of sp³-hybridized carbons (Fsp3) is 0.481. The van der Waals surface area contributed by atoms with E-state index < -0.39 is 5.60 Å². The van der Waals surface area contributed by atoms with Gasteiger partial charge in [0.05, 0.1) is 32.1 Å². The van der Waals surface area contributed by atoms with Gasteiger partial charge in [0.2, 0.25) is 5.88 Å². The van der Waals surface area contributed by atoms with E-state index in [1.54, 1.807) is 23.1 Å². The molecular formula is C27H31FN2O5. The molecule has 5 rings (SSSR count). The molecule has 1 amide bonds. The van der Waals surface area contributed by atoms with Crippen molar-refractivity contribution in [2.24, 2.45) is 0 Å². The number of hydrogen-bond donors (Lipinski definition) is 0. The van der Waals surface area contributed by atoms with Crippen molar-refractivity contribution in [1.82, 2.24) is 9.88 Å². The third-order valence-electron chi connectivity index (χ3n) is 6.43. The molecule has 3 aliphatic rings. The first-order valence-corrected chi connectivity index (χ1v) is 12.0. The van der Waals surface area contributed by atoms with Gasteiger partial charge in [-0.1, -0.05) is 12.1 Å². The molecule has 0 unspecified atom stereocenters. The van der Waals surface area contributed by atoms with Gasteiger partial charge in [0.1, 0.15) is 18.0 Å². The summed E-state index contributed by atoms with van der Waals surface area (Å²) in [6.07, 6.45) is 0.332. The van der Waals surface area contributed by atoms with Gasteiger partial charge in [-0.2, -0.15) is 0 Å². The van der Waals surface area contributed by atoms with Crippen molar-refractivity contribution >= 4 is 11.7 Å². The fourth-order valence-corrected chi connectivity index (χ4v) is 4.46. The molecule has 0 spiro atoms. The van der Waals surface area contributed by atoms with Crippen LogP contribution in [0.2, 0.25) is 0 Å². The molecule has 0 N–H and O–H groups in total. The molecule has 1 fully saturated rings. The lowest BCUT2D eigenvalue weighted by Crippen LogP contribution is -2.41. The minimum atomic E-state index is -0.544. The van der Waals surface area contributed by atoms with Crippen LogP contribution in [0.1, 0.15) is 55.5 Å². The number of carbonyl (C=O) groups is 1. The predicted molar refractivity (Wildman–Crippen MR) is 128 cm³/mol. The average molecular weight is 483 g/mol. The molecule has 4 heterocycles. The molecule has 1 saturated heterocycles. The average Bonchev–Trinajstić information content (AvgIpc) is 2.94. The second-order valence-corrected chi connectivity index (χ2v) is 10.3. The lowest BCUT2D eigenvalue weighted by Gasteiger charge is -2.32. The van der Waals surface area contributed by atoms with Crippen LogP contribution in [0.3, 0.4) is 0 Å². The normalized spacial score (nSPS) is 18.3. The van der Waals surface area contributed by atoms with Gasteiger partial charge < -0.3 is 23.8 Å². The van der Waals surface area contributed by atoms with Crippen LogP contribution in [-0.4, -0.2) is 54.5 Å². The molecule has 186 valence electrons. The SMILES string of the molecule is CC(C)(C)OC(=O)N1CCC2=C(COCc3ccc(OCc4ccc(C5COC5)cc4F)nc32)C1. The van der Waals surface area contributed by atoms with E-state index >= 15 is 0 Å². The van der Waals surface area contributed by atoms with Crippen LogP contribution in [0.5, 0.6) is 5.88 Å². The summed E-state index contributed by atoms with van der Waals surface area (Å²) in [7, 11) is 0. The Morgan fingerprint density at radius 1 is 1.17 bits per heavy atom. The van der Waals surface area contributed by atoms with E-state index in [0.29, 0.717) is 57.4 Å². The Labute approximate surface area is 204 Å². The third kappa shape index (κ3) is 5.33. The van der Waals surface area contributed by atoms with Crippen molar-refractivity contribution in [3.8, 4) is 5.88 Å². The summed E-state index contributed by atoms with van der Waals surface area (Å²) in [5, 5.41) is 0. The molecule has 8 heteroatoms. The monoisotopic (exact) mass is 482 g/mol. The summed E-state index contributed by atoms with van der Waals surface area (Å²) in [5.74, 6) is 0.428. The van der Waals surface area contributed by atoms with Crippen molar-refractivity contribution in [3.63, 3.8) is 0 Å². The number of aromatic nitrogens is 1. The molecule has 7 nitrogen and oxygen atoms in total. The molecule has 2 aromatic rings. The summed E-state index contributed by atoms with van der Waals surface area (Å²) < 4.78 is 37.1. The van der Waals surface area contributed by atoms with Crippen LogP contribution in [0.25, 0.3) is 5.57 Å². The lowest BCUT2D eigenvalue weighted by molar-refractivity contribution is 0.00830. The van der Waals surface area contributed by atoms with Crippen LogP contribution < -0.4 is 4.74 Å². The molecule has 3 aliphatic heterocycles. The Kier molecular flexibility index (Phi) is 6.51. The Bertz CT molecular complexity index is 1150. The molecule has 0 bridgehead atoms. The highest BCUT2D eigenvalue weighted by Gasteiger charge is 2.30. The van der Waals surface area contributed by atoms with Gasteiger partial charge in [0, 0.05) is 36.2 Å². The number of nitrogens with zero attached hydrogens (tertiary/aromatic N) is 2. The van der Waals surface area contributed by atoms with Gasteiger partial charge in [0.15, 0.2) is 0 Å².